The fraction of sp³-hybridized carbons (Fsp3) is 0.250. The van der Waals surface area contributed by atoms with Gasteiger partial charge >= 0.3 is 6.09 Å². The van der Waals surface area contributed by atoms with Gasteiger partial charge in [-0.3, -0.25) is 9.78 Å². The fourth-order valence-corrected chi connectivity index (χ4v) is 3.16. The van der Waals surface area contributed by atoms with Crippen LogP contribution in [0.3, 0.4) is 0 Å². The van der Waals surface area contributed by atoms with Gasteiger partial charge in [0.2, 0.25) is 0 Å². The lowest BCUT2D eigenvalue weighted by Crippen LogP contribution is -2.26. The monoisotopic (exact) mass is 397 g/mol. The van der Waals surface area contributed by atoms with Crippen molar-refractivity contribution in [2.75, 3.05) is 20.3 Å². The molecule has 0 aliphatic carbocycles. The lowest BCUT2D eigenvalue weighted by Gasteiger charge is -2.14. The first-order valence-electron chi connectivity index (χ1n) is 8.95. The highest BCUT2D eigenvalue weighted by Gasteiger charge is 2.31. The van der Waals surface area contributed by atoms with Gasteiger partial charge in [0.15, 0.2) is 11.9 Å². The molecule has 1 aliphatic rings. The first-order chi connectivity index (χ1) is 14.0. The summed E-state index contributed by atoms with van der Waals surface area (Å²) in [6, 6.07) is 8.52. The Morgan fingerprint density at radius 2 is 2.07 bits per heavy atom. The summed E-state index contributed by atoms with van der Waals surface area (Å²) >= 11 is 0. The first kappa shape index (κ1) is 18.6. The topological polar surface area (TPSA) is 114 Å². The fourth-order valence-electron chi connectivity index (χ4n) is 3.16. The maximum atomic E-state index is 12.2. The first-order valence-corrected chi connectivity index (χ1v) is 8.95. The molecule has 1 aliphatic heterocycles. The second kappa shape index (κ2) is 7.70. The van der Waals surface area contributed by atoms with Crippen LogP contribution in [0, 0.1) is 0 Å². The van der Waals surface area contributed by atoms with Gasteiger partial charge in [0, 0.05) is 18.8 Å². The number of benzene rings is 1. The number of amides is 1. The second-order valence-corrected chi connectivity index (χ2v) is 6.62. The normalized spacial score (nSPS) is 16.1. The Balaban J connectivity index is 1.42. The van der Waals surface area contributed by atoms with Gasteiger partial charge < -0.3 is 29.2 Å². The molecule has 0 spiro atoms. The number of ether oxygens (including phenoxy) is 3. The molecule has 1 unspecified atom stereocenters. The second-order valence-electron chi connectivity index (χ2n) is 6.62. The van der Waals surface area contributed by atoms with Crippen LogP contribution in [-0.2, 0) is 11.3 Å². The van der Waals surface area contributed by atoms with Gasteiger partial charge in [-0.25, -0.2) is 4.79 Å². The average molecular weight is 397 g/mol. The molecule has 0 saturated carbocycles. The number of pyridine rings is 2. The molecule has 1 fully saturated rings. The van der Waals surface area contributed by atoms with Crippen molar-refractivity contribution in [1.82, 2.24) is 14.9 Å². The Kier molecular flexibility index (Phi) is 4.94. The van der Waals surface area contributed by atoms with E-state index in [1.54, 1.807) is 12.0 Å². The number of aromatic nitrogens is 2. The summed E-state index contributed by atoms with van der Waals surface area (Å²) in [4.78, 5) is 32.0. The highest BCUT2D eigenvalue weighted by Crippen LogP contribution is 2.27. The van der Waals surface area contributed by atoms with Crippen molar-refractivity contribution in [2.24, 2.45) is 0 Å². The maximum Gasteiger partial charge on any atom is 0.410 e. The summed E-state index contributed by atoms with van der Waals surface area (Å²) in [5.41, 5.74) is 0.837. The number of H-pyrrole nitrogens is 1. The molecule has 3 aromatic rings. The summed E-state index contributed by atoms with van der Waals surface area (Å²) in [7, 11) is 1.60. The average Bonchev–Trinajstić information content (AvgIpc) is 3.06. The van der Waals surface area contributed by atoms with E-state index in [0.29, 0.717) is 29.7 Å². The van der Waals surface area contributed by atoms with Crippen LogP contribution in [0.4, 0.5) is 4.79 Å². The molecule has 1 amide bonds. The SMILES string of the molecule is COc1ccc(CN2CC(COc3cncc4c(O)cc(=O)[nH]c34)OC2=O)cc1. The van der Waals surface area contributed by atoms with Gasteiger partial charge in [-0.15, -0.1) is 0 Å². The van der Waals surface area contributed by atoms with Gasteiger partial charge in [0.05, 0.1) is 30.8 Å². The van der Waals surface area contributed by atoms with Crippen LogP contribution in [0.15, 0.2) is 47.5 Å². The van der Waals surface area contributed by atoms with Crippen molar-refractivity contribution in [3.8, 4) is 17.2 Å². The zero-order valence-corrected chi connectivity index (χ0v) is 15.6. The smallest absolute Gasteiger partial charge is 0.410 e. The van der Waals surface area contributed by atoms with Crippen LogP contribution in [0.1, 0.15) is 5.56 Å². The zero-order chi connectivity index (χ0) is 20.4. The van der Waals surface area contributed by atoms with Crippen molar-refractivity contribution >= 4 is 17.0 Å². The minimum Gasteiger partial charge on any atom is -0.507 e. The van der Waals surface area contributed by atoms with E-state index in [4.69, 9.17) is 14.2 Å². The third-order valence-corrected chi connectivity index (χ3v) is 4.61. The van der Waals surface area contributed by atoms with Crippen LogP contribution >= 0.6 is 0 Å². The predicted octanol–water partition coefficient (Wildman–Crippen LogP) is 2.04. The molecule has 150 valence electrons. The summed E-state index contributed by atoms with van der Waals surface area (Å²) < 4.78 is 16.2. The number of aromatic amines is 1. The van der Waals surface area contributed by atoms with E-state index in [2.05, 4.69) is 9.97 Å². The maximum absolute atomic E-state index is 12.2. The lowest BCUT2D eigenvalue weighted by atomic mass is 10.2. The Morgan fingerprint density at radius 3 is 2.83 bits per heavy atom. The van der Waals surface area contributed by atoms with Gasteiger partial charge in [-0.05, 0) is 17.7 Å². The molecular weight excluding hydrogens is 378 g/mol. The van der Waals surface area contributed by atoms with Crippen molar-refractivity contribution in [2.45, 2.75) is 12.6 Å². The molecule has 0 radical (unpaired) electrons. The van der Waals surface area contributed by atoms with E-state index in [0.717, 1.165) is 17.4 Å². The van der Waals surface area contributed by atoms with Gasteiger partial charge in [-0.2, -0.15) is 0 Å². The number of rotatable bonds is 6. The van der Waals surface area contributed by atoms with Crippen LogP contribution in [0.2, 0.25) is 0 Å². The van der Waals surface area contributed by atoms with Crippen LogP contribution in [0.25, 0.3) is 10.9 Å². The highest BCUT2D eigenvalue weighted by atomic mass is 16.6. The minimum atomic E-state index is -0.472. The quantitative estimate of drug-likeness (QED) is 0.654. The van der Waals surface area contributed by atoms with Crippen molar-refractivity contribution in [3.05, 3.63) is 58.6 Å². The van der Waals surface area contributed by atoms with E-state index >= 15 is 0 Å². The zero-order valence-electron chi connectivity index (χ0n) is 15.6. The molecule has 1 aromatic carbocycles. The molecular formula is C20H19N3O6. The number of nitrogens with zero attached hydrogens (tertiary/aromatic N) is 2. The van der Waals surface area contributed by atoms with E-state index in [9.17, 15) is 14.7 Å². The molecule has 2 N–H and O–H groups in total. The highest BCUT2D eigenvalue weighted by molar-refractivity contribution is 5.88. The van der Waals surface area contributed by atoms with Gasteiger partial charge in [-0.1, -0.05) is 12.1 Å². The molecule has 4 rings (SSSR count). The number of nitrogens with one attached hydrogen (secondary N) is 1. The molecule has 0 bridgehead atoms. The minimum absolute atomic E-state index is 0.0866. The molecule has 9 heteroatoms. The molecule has 3 heterocycles. The summed E-state index contributed by atoms with van der Waals surface area (Å²) in [5, 5.41) is 10.3. The van der Waals surface area contributed by atoms with Crippen LogP contribution in [0.5, 0.6) is 17.2 Å². The number of hydrogen-bond acceptors (Lipinski definition) is 7. The Labute approximate surface area is 165 Å². The summed E-state index contributed by atoms with van der Waals surface area (Å²) in [6.07, 6.45) is 1.97. The summed E-state index contributed by atoms with van der Waals surface area (Å²) in [6.45, 7) is 0.866. The number of carbonyl (C=O) groups is 1. The van der Waals surface area contributed by atoms with E-state index in [1.807, 2.05) is 24.3 Å². The van der Waals surface area contributed by atoms with Gasteiger partial charge in [0.25, 0.3) is 5.56 Å². The standard InChI is InChI=1S/C20H19N3O6/c1-27-13-4-2-12(3-5-13)9-23-10-14(29-20(23)26)11-28-17-8-21-7-15-16(24)6-18(25)22-19(15)17/h2-8,14H,9-11H2,1H3,(H2,22,24,25). The number of methoxy groups -OCH3 is 1. The lowest BCUT2D eigenvalue weighted by molar-refractivity contribution is 0.103. The Morgan fingerprint density at radius 1 is 1.28 bits per heavy atom. The molecule has 2 aromatic heterocycles. The van der Waals surface area contributed by atoms with E-state index < -0.39 is 17.8 Å². The van der Waals surface area contributed by atoms with Crippen molar-refractivity contribution in [3.63, 3.8) is 0 Å². The number of carbonyl (C=O) groups excluding carboxylic acids is 1. The Bertz CT molecular complexity index is 1100. The largest absolute Gasteiger partial charge is 0.507 e. The third-order valence-electron chi connectivity index (χ3n) is 4.61. The van der Waals surface area contributed by atoms with Crippen LogP contribution in [-0.4, -0.2) is 52.4 Å². The van der Waals surface area contributed by atoms with E-state index in [-0.39, 0.29) is 12.4 Å². The number of aromatic hydroxyl groups is 1. The molecule has 29 heavy (non-hydrogen) atoms. The number of cyclic esters (lactones) is 1. The predicted molar refractivity (Wildman–Crippen MR) is 103 cm³/mol. The molecule has 1 saturated heterocycles. The van der Waals surface area contributed by atoms with Crippen molar-refractivity contribution in [1.29, 1.82) is 0 Å². The number of fused-ring (bicyclic) bond motifs is 1. The number of hydrogen-bond donors (Lipinski definition) is 2. The third kappa shape index (κ3) is 3.93. The van der Waals surface area contributed by atoms with Crippen molar-refractivity contribution < 1.29 is 24.1 Å². The van der Waals surface area contributed by atoms with Gasteiger partial charge in [0.1, 0.15) is 18.1 Å². The summed E-state index contributed by atoms with van der Waals surface area (Å²) in [5.74, 6) is 0.858. The van der Waals surface area contributed by atoms with E-state index in [1.165, 1.54) is 12.4 Å². The molecule has 9 nitrogen and oxygen atoms in total. The van der Waals surface area contributed by atoms with Crippen LogP contribution < -0.4 is 15.0 Å². The molecule has 1 atom stereocenters. The Hall–Kier alpha value is -3.75.